The van der Waals surface area contributed by atoms with Crippen molar-refractivity contribution in [2.24, 2.45) is 5.92 Å². The highest BCUT2D eigenvalue weighted by molar-refractivity contribution is 5.90. The number of ether oxygens (including phenoxy) is 1. The standard InChI is InChI=1S/C23H29NO6/c1-12(2)9-17(22(26)27)24-21(25)14(4)29-18-10-13(3)11-19-20(18)15-7-5-6-8-16(15)23(28)30-19/h10-12,14,17H,5-9H2,1-4H3,(H,24,25)(H,26,27)/t14-,17+/m1/s1. The molecule has 2 atom stereocenters. The van der Waals surface area contributed by atoms with E-state index in [1.807, 2.05) is 26.8 Å². The lowest BCUT2D eigenvalue weighted by atomic mass is 9.90. The monoisotopic (exact) mass is 415 g/mol. The van der Waals surface area contributed by atoms with Gasteiger partial charge in [-0.1, -0.05) is 13.8 Å². The minimum atomic E-state index is -1.07. The summed E-state index contributed by atoms with van der Waals surface area (Å²) in [6, 6.07) is 2.65. The number of benzene rings is 1. The predicted octanol–water partition coefficient (Wildman–Crippen LogP) is 3.36. The van der Waals surface area contributed by atoms with Gasteiger partial charge < -0.3 is 19.6 Å². The number of fused-ring (bicyclic) bond motifs is 3. The zero-order valence-electron chi connectivity index (χ0n) is 17.9. The fourth-order valence-corrected chi connectivity index (χ4v) is 3.99. The maximum absolute atomic E-state index is 12.6. The molecule has 0 fully saturated rings. The van der Waals surface area contributed by atoms with Gasteiger partial charge in [0.25, 0.3) is 5.91 Å². The van der Waals surface area contributed by atoms with Gasteiger partial charge >= 0.3 is 11.6 Å². The quantitative estimate of drug-likeness (QED) is 0.672. The molecule has 1 aliphatic rings. The molecular formula is C23H29NO6. The Labute approximate surface area is 175 Å². The Bertz CT molecular complexity index is 1020. The first-order chi connectivity index (χ1) is 14.2. The Kier molecular flexibility index (Phi) is 6.48. The summed E-state index contributed by atoms with van der Waals surface area (Å²) in [5.74, 6) is -0.965. The number of hydrogen-bond donors (Lipinski definition) is 2. The summed E-state index contributed by atoms with van der Waals surface area (Å²) >= 11 is 0. The van der Waals surface area contributed by atoms with Crippen molar-refractivity contribution in [1.82, 2.24) is 5.32 Å². The second-order valence-electron chi connectivity index (χ2n) is 8.48. The van der Waals surface area contributed by atoms with Crippen LogP contribution in [-0.4, -0.2) is 29.1 Å². The predicted molar refractivity (Wildman–Crippen MR) is 113 cm³/mol. The molecule has 2 N–H and O–H groups in total. The number of carboxylic acids is 1. The van der Waals surface area contributed by atoms with E-state index in [9.17, 15) is 19.5 Å². The summed E-state index contributed by atoms with van der Waals surface area (Å²) in [4.78, 5) is 36.5. The minimum absolute atomic E-state index is 0.123. The van der Waals surface area contributed by atoms with Crippen molar-refractivity contribution in [2.45, 2.75) is 71.9 Å². The number of aryl methyl sites for hydroxylation is 2. The van der Waals surface area contributed by atoms with Crippen LogP contribution in [0, 0.1) is 12.8 Å². The third-order valence-electron chi connectivity index (χ3n) is 5.42. The van der Waals surface area contributed by atoms with Crippen molar-refractivity contribution in [3.8, 4) is 5.75 Å². The molecule has 1 aromatic heterocycles. The Morgan fingerprint density at radius 1 is 1.17 bits per heavy atom. The summed E-state index contributed by atoms with van der Waals surface area (Å²) < 4.78 is 11.5. The number of aliphatic carboxylic acids is 1. The van der Waals surface area contributed by atoms with E-state index >= 15 is 0 Å². The molecule has 1 aromatic carbocycles. The van der Waals surface area contributed by atoms with Gasteiger partial charge in [0.2, 0.25) is 0 Å². The molecule has 0 radical (unpaired) electrons. The number of nitrogens with one attached hydrogen (secondary N) is 1. The molecule has 1 heterocycles. The van der Waals surface area contributed by atoms with Crippen LogP contribution in [0.5, 0.6) is 5.75 Å². The van der Waals surface area contributed by atoms with E-state index in [4.69, 9.17) is 9.15 Å². The second-order valence-corrected chi connectivity index (χ2v) is 8.48. The van der Waals surface area contributed by atoms with Crippen LogP contribution < -0.4 is 15.7 Å². The molecule has 0 saturated carbocycles. The summed E-state index contributed by atoms with van der Waals surface area (Å²) in [5, 5.41) is 12.7. The number of carboxylic acid groups (broad SMARTS) is 1. The maximum atomic E-state index is 12.6. The first kappa shape index (κ1) is 21.9. The highest BCUT2D eigenvalue weighted by Gasteiger charge is 2.26. The fraction of sp³-hybridized carbons (Fsp3) is 0.522. The van der Waals surface area contributed by atoms with E-state index < -0.39 is 24.0 Å². The molecule has 30 heavy (non-hydrogen) atoms. The Hall–Kier alpha value is -2.83. The maximum Gasteiger partial charge on any atom is 0.339 e. The summed E-state index contributed by atoms with van der Waals surface area (Å²) in [7, 11) is 0. The molecular weight excluding hydrogens is 386 g/mol. The van der Waals surface area contributed by atoms with Crippen LogP contribution >= 0.6 is 0 Å². The molecule has 7 heteroatoms. The lowest BCUT2D eigenvalue weighted by molar-refractivity contribution is -0.143. The zero-order valence-corrected chi connectivity index (χ0v) is 17.9. The molecule has 0 unspecified atom stereocenters. The van der Waals surface area contributed by atoms with Crippen LogP contribution in [0.1, 0.15) is 56.7 Å². The third kappa shape index (κ3) is 4.66. The number of amides is 1. The first-order valence-electron chi connectivity index (χ1n) is 10.5. The van der Waals surface area contributed by atoms with Gasteiger partial charge in [0.1, 0.15) is 17.4 Å². The molecule has 162 valence electrons. The van der Waals surface area contributed by atoms with Gasteiger partial charge in [0.05, 0.1) is 5.39 Å². The number of carbonyl (C=O) groups is 2. The van der Waals surface area contributed by atoms with E-state index in [1.54, 1.807) is 13.0 Å². The molecule has 0 spiro atoms. The van der Waals surface area contributed by atoms with Gasteiger partial charge in [-0.3, -0.25) is 4.79 Å². The van der Waals surface area contributed by atoms with Crippen LogP contribution in [0.2, 0.25) is 0 Å². The second kappa shape index (κ2) is 8.90. The normalized spacial score (nSPS) is 15.5. The Morgan fingerprint density at radius 3 is 2.47 bits per heavy atom. The van der Waals surface area contributed by atoms with E-state index in [2.05, 4.69) is 5.32 Å². The Morgan fingerprint density at radius 2 is 1.83 bits per heavy atom. The molecule has 2 aromatic rings. The van der Waals surface area contributed by atoms with Crippen LogP contribution in [0.4, 0.5) is 0 Å². The van der Waals surface area contributed by atoms with Crippen LogP contribution in [-0.2, 0) is 22.4 Å². The molecule has 0 saturated heterocycles. The third-order valence-corrected chi connectivity index (χ3v) is 5.42. The molecule has 3 rings (SSSR count). The average Bonchev–Trinajstić information content (AvgIpc) is 2.66. The summed E-state index contributed by atoms with van der Waals surface area (Å²) in [5.41, 5.74) is 2.59. The van der Waals surface area contributed by atoms with Crippen LogP contribution in [0.3, 0.4) is 0 Å². The molecule has 0 bridgehead atoms. The number of hydrogen-bond acceptors (Lipinski definition) is 5. The van der Waals surface area contributed by atoms with E-state index in [-0.39, 0.29) is 11.5 Å². The molecule has 0 aliphatic heterocycles. The van der Waals surface area contributed by atoms with Gasteiger partial charge in [-0.15, -0.1) is 0 Å². The SMILES string of the molecule is Cc1cc(O[C@H](C)C(=O)N[C@@H](CC(C)C)C(=O)O)c2c3c(c(=O)oc2c1)CCCC3. The van der Waals surface area contributed by atoms with Crippen molar-refractivity contribution in [2.75, 3.05) is 0 Å². The minimum Gasteiger partial charge on any atom is -0.480 e. The molecule has 7 nitrogen and oxygen atoms in total. The topological polar surface area (TPSA) is 106 Å². The highest BCUT2D eigenvalue weighted by Crippen LogP contribution is 2.35. The van der Waals surface area contributed by atoms with Crippen molar-refractivity contribution < 1.29 is 23.8 Å². The van der Waals surface area contributed by atoms with Crippen molar-refractivity contribution >= 4 is 22.8 Å². The lowest BCUT2D eigenvalue weighted by Crippen LogP contribution is -2.46. The van der Waals surface area contributed by atoms with Gasteiger partial charge in [-0.05, 0) is 75.1 Å². The molecule has 1 amide bonds. The molecule has 1 aliphatic carbocycles. The van der Waals surface area contributed by atoms with Crippen molar-refractivity contribution in [3.63, 3.8) is 0 Å². The van der Waals surface area contributed by atoms with Crippen LogP contribution in [0.25, 0.3) is 11.0 Å². The van der Waals surface area contributed by atoms with Crippen molar-refractivity contribution in [1.29, 1.82) is 0 Å². The lowest BCUT2D eigenvalue weighted by Gasteiger charge is -2.22. The summed E-state index contributed by atoms with van der Waals surface area (Å²) in [6.07, 6.45) is 2.77. The zero-order chi connectivity index (χ0) is 22.0. The van der Waals surface area contributed by atoms with E-state index in [1.165, 1.54) is 0 Å². The highest BCUT2D eigenvalue weighted by atomic mass is 16.5. The Balaban J connectivity index is 1.92. The smallest absolute Gasteiger partial charge is 0.339 e. The average molecular weight is 415 g/mol. The number of carbonyl (C=O) groups excluding carboxylic acids is 1. The van der Waals surface area contributed by atoms with Crippen LogP contribution in [0.15, 0.2) is 21.3 Å². The van der Waals surface area contributed by atoms with Gasteiger partial charge in [-0.25, -0.2) is 9.59 Å². The van der Waals surface area contributed by atoms with E-state index in [0.29, 0.717) is 29.7 Å². The number of rotatable bonds is 7. The van der Waals surface area contributed by atoms with Crippen molar-refractivity contribution in [3.05, 3.63) is 39.2 Å². The first-order valence-corrected chi connectivity index (χ1v) is 10.5. The fourth-order valence-electron chi connectivity index (χ4n) is 3.99. The summed E-state index contributed by atoms with van der Waals surface area (Å²) in [6.45, 7) is 7.25. The van der Waals surface area contributed by atoms with Gasteiger partial charge in [-0.2, -0.15) is 0 Å². The van der Waals surface area contributed by atoms with Gasteiger partial charge in [0.15, 0.2) is 6.10 Å². The van der Waals surface area contributed by atoms with E-state index in [0.717, 1.165) is 35.8 Å². The van der Waals surface area contributed by atoms with Gasteiger partial charge in [0, 0.05) is 5.56 Å². The largest absolute Gasteiger partial charge is 0.480 e.